The van der Waals surface area contributed by atoms with E-state index in [4.69, 9.17) is 10.5 Å². The molecule has 4 nitrogen and oxygen atoms in total. The Labute approximate surface area is 123 Å². The average molecular weight is 279 g/mol. The summed E-state index contributed by atoms with van der Waals surface area (Å²) in [6.45, 7) is 2.63. The molecule has 0 unspecified atom stereocenters. The van der Waals surface area contributed by atoms with Gasteiger partial charge in [0.15, 0.2) is 0 Å². The number of anilines is 3. The fraction of sp³-hybridized carbons (Fsp3) is 0.118. The first kappa shape index (κ1) is 13.2. The van der Waals surface area contributed by atoms with Gasteiger partial charge in [0.1, 0.15) is 5.75 Å². The van der Waals surface area contributed by atoms with Gasteiger partial charge >= 0.3 is 0 Å². The van der Waals surface area contributed by atoms with Crippen LogP contribution in [-0.2, 0) is 0 Å². The van der Waals surface area contributed by atoms with Gasteiger partial charge in [-0.05, 0) is 37.3 Å². The maximum atomic E-state index is 6.06. The molecule has 0 spiro atoms. The van der Waals surface area contributed by atoms with Gasteiger partial charge in [-0.3, -0.25) is 4.98 Å². The van der Waals surface area contributed by atoms with Crippen molar-refractivity contribution in [2.24, 2.45) is 0 Å². The van der Waals surface area contributed by atoms with Crippen LogP contribution in [0.5, 0.6) is 5.75 Å². The van der Waals surface area contributed by atoms with Gasteiger partial charge < -0.3 is 15.8 Å². The minimum absolute atomic E-state index is 0.627. The van der Waals surface area contributed by atoms with Crippen molar-refractivity contribution in [1.82, 2.24) is 4.98 Å². The normalized spacial score (nSPS) is 10.5. The van der Waals surface area contributed by atoms with Gasteiger partial charge in [-0.1, -0.05) is 18.2 Å². The molecule has 3 aromatic rings. The van der Waals surface area contributed by atoms with Crippen molar-refractivity contribution in [1.29, 1.82) is 0 Å². The Morgan fingerprint density at radius 2 is 1.86 bits per heavy atom. The summed E-state index contributed by atoms with van der Waals surface area (Å²) in [5.74, 6) is 0.857. The Bertz CT molecular complexity index is 754. The number of hydrogen-bond acceptors (Lipinski definition) is 4. The molecule has 0 bridgehead atoms. The van der Waals surface area contributed by atoms with Crippen molar-refractivity contribution in [2.45, 2.75) is 6.92 Å². The first-order valence-electron chi connectivity index (χ1n) is 6.91. The average Bonchev–Trinajstić information content (AvgIpc) is 2.52. The first-order chi connectivity index (χ1) is 10.3. The second kappa shape index (κ2) is 5.71. The van der Waals surface area contributed by atoms with Crippen LogP contribution in [0.1, 0.15) is 6.92 Å². The zero-order chi connectivity index (χ0) is 14.7. The molecule has 3 rings (SSSR count). The van der Waals surface area contributed by atoms with Crippen molar-refractivity contribution in [2.75, 3.05) is 17.7 Å². The number of nitrogens with one attached hydrogen (secondary N) is 1. The molecule has 21 heavy (non-hydrogen) atoms. The van der Waals surface area contributed by atoms with E-state index in [1.165, 1.54) is 0 Å². The molecule has 0 amide bonds. The lowest BCUT2D eigenvalue weighted by Gasteiger charge is -2.12. The van der Waals surface area contributed by atoms with E-state index in [0.29, 0.717) is 12.3 Å². The van der Waals surface area contributed by atoms with E-state index < -0.39 is 0 Å². The van der Waals surface area contributed by atoms with Crippen molar-refractivity contribution in [3.63, 3.8) is 0 Å². The van der Waals surface area contributed by atoms with E-state index >= 15 is 0 Å². The largest absolute Gasteiger partial charge is 0.494 e. The summed E-state index contributed by atoms with van der Waals surface area (Å²) >= 11 is 0. The number of ether oxygens (including phenoxy) is 1. The molecular weight excluding hydrogens is 262 g/mol. The van der Waals surface area contributed by atoms with E-state index in [0.717, 1.165) is 28.0 Å². The third-order valence-corrected chi connectivity index (χ3v) is 3.24. The fourth-order valence-corrected chi connectivity index (χ4v) is 2.24. The summed E-state index contributed by atoms with van der Waals surface area (Å²) in [5, 5.41) is 4.37. The lowest BCUT2D eigenvalue weighted by Crippen LogP contribution is -1.99. The highest BCUT2D eigenvalue weighted by molar-refractivity contribution is 5.98. The van der Waals surface area contributed by atoms with Gasteiger partial charge in [0.25, 0.3) is 0 Å². The molecule has 0 aliphatic heterocycles. The quantitative estimate of drug-likeness (QED) is 0.759. The number of nitrogens with two attached hydrogens (primary N) is 1. The Kier molecular flexibility index (Phi) is 3.60. The van der Waals surface area contributed by atoms with E-state index in [-0.39, 0.29) is 0 Å². The molecule has 0 atom stereocenters. The summed E-state index contributed by atoms with van der Waals surface area (Å²) in [7, 11) is 0. The van der Waals surface area contributed by atoms with Crippen LogP contribution in [0.3, 0.4) is 0 Å². The SMILES string of the molecule is CCOc1ccc(Nc2c(N)cnc3ccccc23)cc1. The molecule has 0 fully saturated rings. The minimum Gasteiger partial charge on any atom is -0.494 e. The van der Waals surface area contributed by atoms with Gasteiger partial charge in [-0.15, -0.1) is 0 Å². The molecule has 1 aromatic heterocycles. The molecule has 0 radical (unpaired) electrons. The van der Waals surface area contributed by atoms with Gasteiger partial charge in [0, 0.05) is 11.1 Å². The highest BCUT2D eigenvalue weighted by Gasteiger charge is 2.06. The predicted octanol–water partition coefficient (Wildman–Crippen LogP) is 3.96. The van der Waals surface area contributed by atoms with E-state index in [2.05, 4.69) is 10.3 Å². The lowest BCUT2D eigenvalue weighted by atomic mass is 10.1. The number of nitrogen functional groups attached to an aromatic ring is 1. The third-order valence-electron chi connectivity index (χ3n) is 3.24. The molecule has 0 aliphatic rings. The Morgan fingerprint density at radius 1 is 1.10 bits per heavy atom. The number of pyridine rings is 1. The highest BCUT2D eigenvalue weighted by Crippen LogP contribution is 2.31. The smallest absolute Gasteiger partial charge is 0.119 e. The Morgan fingerprint density at radius 3 is 2.62 bits per heavy atom. The molecule has 106 valence electrons. The van der Waals surface area contributed by atoms with Crippen LogP contribution >= 0.6 is 0 Å². The molecule has 4 heteroatoms. The Balaban J connectivity index is 1.95. The van der Waals surface area contributed by atoms with Crippen LogP contribution in [0.15, 0.2) is 54.7 Å². The molecule has 0 aliphatic carbocycles. The molecular formula is C17H17N3O. The number of rotatable bonds is 4. The maximum absolute atomic E-state index is 6.06. The van der Waals surface area contributed by atoms with Crippen LogP contribution in [0.4, 0.5) is 17.1 Å². The van der Waals surface area contributed by atoms with Crippen molar-refractivity contribution in [3.8, 4) is 5.75 Å². The molecule has 0 saturated heterocycles. The van der Waals surface area contributed by atoms with Crippen LogP contribution in [0.25, 0.3) is 10.9 Å². The molecule has 2 aromatic carbocycles. The van der Waals surface area contributed by atoms with Gasteiger partial charge in [0.2, 0.25) is 0 Å². The third kappa shape index (κ3) is 2.74. The molecule has 0 saturated carbocycles. The number of fused-ring (bicyclic) bond motifs is 1. The molecule has 1 heterocycles. The van der Waals surface area contributed by atoms with Crippen LogP contribution < -0.4 is 15.8 Å². The second-order valence-electron chi connectivity index (χ2n) is 4.69. The van der Waals surface area contributed by atoms with E-state index in [9.17, 15) is 0 Å². The van der Waals surface area contributed by atoms with Crippen molar-refractivity contribution >= 4 is 28.0 Å². The van der Waals surface area contributed by atoms with Crippen LogP contribution in [0.2, 0.25) is 0 Å². The standard InChI is InChI=1S/C17H17N3O/c1-2-21-13-9-7-12(8-10-13)20-17-14-5-3-4-6-16(14)19-11-15(17)18/h3-11H,2,18H2,1H3,(H,19,20). The first-order valence-corrected chi connectivity index (χ1v) is 6.91. The van der Waals surface area contributed by atoms with E-state index in [1.54, 1.807) is 6.20 Å². The zero-order valence-electron chi connectivity index (χ0n) is 11.8. The van der Waals surface area contributed by atoms with E-state index in [1.807, 2.05) is 55.5 Å². The highest BCUT2D eigenvalue weighted by atomic mass is 16.5. The number of hydrogen-bond donors (Lipinski definition) is 2. The summed E-state index contributed by atoms with van der Waals surface area (Å²) in [5.41, 5.74) is 9.45. The number of nitrogens with zero attached hydrogens (tertiary/aromatic N) is 1. The fourth-order valence-electron chi connectivity index (χ4n) is 2.24. The van der Waals surface area contributed by atoms with Gasteiger partial charge in [-0.25, -0.2) is 0 Å². The monoisotopic (exact) mass is 279 g/mol. The maximum Gasteiger partial charge on any atom is 0.119 e. The predicted molar refractivity (Wildman–Crippen MR) is 87.0 cm³/mol. The van der Waals surface area contributed by atoms with Gasteiger partial charge in [0.05, 0.1) is 29.7 Å². The van der Waals surface area contributed by atoms with Crippen molar-refractivity contribution < 1.29 is 4.74 Å². The number of aromatic nitrogens is 1. The summed E-state index contributed by atoms with van der Waals surface area (Å²) < 4.78 is 5.44. The lowest BCUT2D eigenvalue weighted by molar-refractivity contribution is 0.340. The number of benzene rings is 2. The van der Waals surface area contributed by atoms with Crippen molar-refractivity contribution in [3.05, 3.63) is 54.7 Å². The Hall–Kier alpha value is -2.75. The summed E-state index contributed by atoms with van der Waals surface area (Å²) in [4.78, 5) is 4.34. The van der Waals surface area contributed by atoms with Crippen LogP contribution in [-0.4, -0.2) is 11.6 Å². The molecule has 3 N–H and O–H groups in total. The van der Waals surface area contributed by atoms with Crippen LogP contribution in [0, 0.1) is 0 Å². The minimum atomic E-state index is 0.627. The van der Waals surface area contributed by atoms with Gasteiger partial charge in [-0.2, -0.15) is 0 Å². The topological polar surface area (TPSA) is 60.2 Å². The summed E-state index contributed by atoms with van der Waals surface area (Å²) in [6.07, 6.45) is 1.68. The number of para-hydroxylation sites is 1. The zero-order valence-corrected chi connectivity index (χ0v) is 11.8. The summed E-state index contributed by atoms with van der Waals surface area (Å²) in [6, 6.07) is 15.7. The second-order valence-corrected chi connectivity index (χ2v) is 4.69.